The van der Waals surface area contributed by atoms with Gasteiger partial charge in [-0.3, -0.25) is 4.90 Å². The van der Waals surface area contributed by atoms with Crippen molar-refractivity contribution in [3.63, 3.8) is 0 Å². The minimum Gasteiger partial charge on any atom is -0.494 e. The number of carbonyl (C=O) groups is 1. The summed E-state index contributed by atoms with van der Waals surface area (Å²) in [4.78, 5) is 15.8. The van der Waals surface area contributed by atoms with Crippen molar-refractivity contribution in [3.05, 3.63) is 24.3 Å². The van der Waals surface area contributed by atoms with Gasteiger partial charge in [0.25, 0.3) is 0 Å². The number of piperazine rings is 1. The van der Waals surface area contributed by atoms with Gasteiger partial charge in [0, 0.05) is 32.7 Å². The van der Waals surface area contributed by atoms with Gasteiger partial charge in [-0.25, -0.2) is 4.79 Å². The molecule has 0 aliphatic carbocycles. The van der Waals surface area contributed by atoms with E-state index in [-0.39, 0.29) is 6.09 Å². The Balaban J connectivity index is 1.57. The van der Waals surface area contributed by atoms with Crippen LogP contribution in [0.3, 0.4) is 0 Å². The minimum atomic E-state index is -0.197. The van der Waals surface area contributed by atoms with Crippen LogP contribution in [0.1, 0.15) is 33.1 Å². The molecule has 26 heavy (non-hydrogen) atoms. The van der Waals surface area contributed by atoms with Crippen molar-refractivity contribution in [2.24, 2.45) is 0 Å². The second kappa shape index (κ2) is 11.6. The van der Waals surface area contributed by atoms with Gasteiger partial charge in [0.1, 0.15) is 11.5 Å². The van der Waals surface area contributed by atoms with E-state index >= 15 is 0 Å². The molecule has 0 radical (unpaired) electrons. The molecule has 1 aliphatic rings. The molecule has 1 aromatic rings. The predicted octanol–water partition coefficient (Wildman–Crippen LogP) is 3.41. The van der Waals surface area contributed by atoms with Crippen LogP contribution in [0.5, 0.6) is 11.5 Å². The summed E-state index contributed by atoms with van der Waals surface area (Å²) >= 11 is 0. The lowest BCUT2D eigenvalue weighted by Gasteiger charge is -2.33. The van der Waals surface area contributed by atoms with Crippen LogP contribution in [0.2, 0.25) is 0 Å². The van der Waals surface area contributed by atoms with Crippen LogP contribution >= 0.6 is 0 Å². The molecule has 0 bridgehead atoms. The van der Waals surface area contributed by atoms with Gasteiger partial charge >= 0.3 is 6.09 Å². The molecular weight excluding hydrogens is 332 g/mol. The first kappa shape index (κ1) is 20.4. The molecule has 2 rings (SSSR count). The molecule has 0 N–H and O–H groups in total. The summed E-state index contributed by atoms with van der Waals surface area (Å²) in [6.07, 6.45) is 2.98. The number of amides is 1. The van der Waals surface area contributed by atoms with Crippen LogP contribution in [0.4, 0.5) is 4.79 Å². The number of unbranched alkanes of at least 4 members (excludes halogenated alkanes) is 1. The van der Waals surface area contributed by atoms with Crippen LogP contribution in [0, 0.1) is 0 Å². The Hall–Kier alpha value is -1.95. The third kappa shape index (κ3) is 7.12. The first-order valence-electron chi connectivity index (χ1n) is 9.72. The second-order valence-corrected chi connectivity index (χ2v) is 6.40. The highest BCUT2D eigenvalue weighted by molar-refractivity contribution is 5.67. The molecule has 1 saturated heterocycles. The van der Waals surface area contributed by atoms with Crippen molar-refractivity contribution in [3.8, 4) is 11.5 Å². The molecule has 1 amide bonds. The van der Waals surface area contributed by atoms with Gasteiger partial charge < -0.3 is 19.1 Å². The van der Waals surface area contributed by atoms with Crippen molar-refractivity contribution in [2.45, 2.75) is 33.1 Å². The monoisotopic (exact) mass is 364 g/mol. The molecule has 146 valence electrons. The van der Waals surface area contributed by atoms with E-state index in [1.807, 2.05) is 31.2 Å². The molecule has 0 atom stereocenters. The number of benzene rings is 1. The van der Waals surface area contributed by atoms with Crippen LogP contribution < -0.4 is 9.47 Å². The summed E-state index contributed by atoms with van der Waals surface area (Å²) in [5.74, 6) is 1.77. The van der Waals surface area contributed by atoms with Crippen molar-refractivity contribution in [1.29, 1.82) is 0 Å². The Labute approximate surface area is 157 Å². The summed E-state index contributed by atoms with van der Waals surface area (Å²) in [6, 6.07) is 7.83. The lowest BCUT2D eigenvalue weighted by molar-refractivity contribution is 0.0782. The van der Waals surface area contributed by atoms with E-state index in [2.05, 4.69) is 11.8 Å². The first-order chi connectivity index (χ1) is 12.7. The highest BCUT2D eigenvalue weighted by atomic mass is 16.6. The van der Waals surface area contributed by atoms with E-state index in [1.54, 1.807) is 4.90 Å². The van der Waals surface area contributed by atoms with Gasteiger partial charge in [0.2, 0.25) is 0 Å². The van der Waals surface area contributed by atoms with E-state index < -0.39 is 0 Å². The smallest absolute Gasteiger partial charge is 0.409 e. The molecular formula is C20H32N2O4. The van der Waals surface area contributed by atoms with Gasteiger partial charge in [-0.1, -0.05) is 13.3 Å². The molecule has 0 saturated carbocycles. The largest absolute Gasteiger partial charge is 0.494 e. The van der Waals surface area contributed by atoms with Crippen molar-refractivity contribution >= 4 is 6.09 Å². The zero-order valence-corrected chi connectivity index (χ0v) is 16.1. The van der Waals surface area contributed by atoms with Crippen molar-refractivity contribution in [2.75, 3.05) is 52.5 Å². The number of carbonyl (C=O) groups excluding carboxylic acids is 1. The third-order valence-electron chi connectivity index (χ3n) is 4.38. The van der Waals surface area contributed by atoms with E-state index in [1.165, 1.54) is 0 Å². The predicted molar refractivity (Wildman–Crippen MR) is 102 cm³/mol. The maximum Gasteiger partial charge on any atom is 0.409 e. The van der Waals surface area contributed by atoms with Gasteiger partial charge in [0.05, 0.1) is 19.8 Å². The normalized spacial score (nSPS) is 14.9. The highest BCUT2D eigenvalue weighted by Gasteiger charge is 2.21. The molecule has 1 aromatic carbocycles. The Morgan fingerprint density at radius 3 is 2.04 bits per heavy atom. The van der Waals surface area contributed by atoms with E-state index in [0.717, 1.165) is 70.1 Å². The quantitative estimate of drug-likeness (QED) is 0.596. The maximum atomic E-state index is 11.7. The number of ether oxygens (including phenoxy) is 3. The van der Waals surface area contributed by atoms with Crippen LogP contribution in [-0.2, 0) is 4.74 Å². The molecule has 0 unspecified atom stereocenters. The van der Waals surface area contributed by atoms with Gasteiger partial charge in [-0.15, -0.1) is 0 Å². The molecule has 1 fully saturated rings. The molecule has 6 nitrogen and oxygen atoms in total. The highest BCUT2D eigenvalue weighted by Crippen LogP contribution is 2.18. The fourth-order valence-electron chi connectivity index (χ4n) is 2.81. The Morgan fingerprint density at radius 2 is 1.50 bits per heavy atom. The molecule has 0 aromatic heterocycles. The van der Waals surface area contributed by atoms with Crippen LogP contribution in [-0.4, -0.2) is 68.4 Å². The third-order valence-corrected chi connectivity index (χ3v) is 4.38. The number of hydrogen-bond acceptors (Lipinski definition) is 5. The Morgan fingerprint density at radius 1 is 0.923 bits per heavy atom. The van der Waals surface area contributed by atoms with Crippen molar-refractivity contribution < 1.29 is 19.0 Å². The van der Waals surface area contributed by atoms with Crippen LogP contribution in [0.15, 0.2) is 24.3 Å². The summed E-state index contributed by atoms with van der Waals surface area (Å²) in [5, 5.41) is 0. The minimum absolute atomic E-state index is 0.197. The molecule has 1 heterocycles. The maximum absolute atomic E-state index is 11.7. The first-order valence-corrected chi connectivity index (χ1v) is 9.72. The van der Waals surface area contributed by atoms with Gasteiger partial charge in [-0.2, -0.15) is 0 Å². The zero-order valence-electron chi connectivity index (χ0n) is 16.1. The van der Waals surface area contributed by atoms with Crippen molar-refractivity contribution in [1.82, 2.24) is 9.80 Å². The lowest BCUT2D eigenvalue weighted by atomic mass is 10.3. The average Bonchev–Trinajstić information content (AvgIpc) is 2.67. The summed E-state index contributed by atoms with van der Waals surface area (Å²) in [7, 11) is 0. The zero-order chi connectivity index (χ0) is 18.6. The molecule has 1 aliphatic heterocycles. The van der Waals surface area contributed by atoms with E-state index in [0.29, 0.717) is 13.2 Å². The van der Waals surface area contributed by atoms with E-state index in [9.17, 15) is 4.79 Å². The fourth-order valence-corrected chi connectivity index (χ4v) is 2.81. The number of hydrogen-bond donors (Lipinski definition) is 0. The van der Waals surface area contributed by atoms with Crippen LogP contribution in [0.25, 0.3) is 0 Å². The summed E-state index contributed by atoms with van der Waals surface area (Å²) in [6.45, 7) is 10.1. The number of nitrogens with zero attached hydrogens (tertiary/aromatic N) is 2. The Bertz CT molecular complexity index is 513. The molecule has 6 heteroatoms. The lowest BCUT2D eigenvalue weighted by Crippen LogP contribution is -2.49. The van der Waals surface area contributed by atoms with Gasteiger partial charge in [-0.05, 0) is 44.0 Å². The Kier molecular flexibility index (Phi) is 9.10. The topological polar surface area (TPSA) is 51.2 Å². The second-order valence-electron chi connectivity index (χ2n) is 6.40. The summed E-state index contributed by atoms with van der Waals surface area (Å²) < 4.78 is 16.5. The fraction of sp³-hybridized carbons (Fsp3) is 0.650. The SMILES string of the molecule is CCCCOc1ccc(OCCCN2CCN(C(=O)OCC)CC2)cc1. The number of rotatable bonds is 10. The summed E-state index contributed by atoms with van der Waals surface area (Å²) in [5.41, 5.74) is 0. The molecule has 0 spiro atoms. The van der Waals surface area contributed by atoms with Gasteiger partial charge in [0.15, 0.2) is 0 Å². The standard InChI is InChI=1S/C20H32N2O4/c1-3-5-16-25-18-7-9-19(10-8-18)26-17-6-11-21-12-14-22(15-13-21)20(23)24-4-2/h7-10H,3-6,11-17H2,1-2H3. The van der Waals surface area contributed by atoms with E-state index in [4.69, 9.17) is 14.2 Å². The average molecular weight is 364 g/mol.